The number of carbonyl (C=O) groups is 3. The number of esters is 3. The Morgan fingerprint density at radius 3 is 0.816 bits per heavy atom. The zero-order chi connectivity index (χ0) is 55.0. The first-order valence-electron chi connectivity index (χ1n) is 31.5. The standard InChI is InChI=1S/C70H116O6/c1-4-7-10-13-16-19-22-24-25-26-27-28-29-30-31-32-33-34-35-36-37-38-39-40-41-42-43-44-45-47-48-51-54-57-60-63-69(72)75-66-67(65-74-68(71)62-59-56-53-50-21-18-15-12-9-6-3)76-70(73)64-61-58-55-52-49-46-23-20-17-14-11-8-5-2/h7-8,10-11,16-17,19-20,24-25,27-28,30-31,33-34,36-37,46,49,67H,4-6,9,12-15,18,21-23,26,29,32,35,38-45,47-48,50-66H2,1-3H3/b10-7-,11-8-,19-16-,20-17-,25-24-,28-27-,31-30-,34-33-,37-36-,49-46-. The maximum atomic E-state index is 12.8. The van der Waals surface area contributed by atoms with Gasteiger partial charge >= 0.3 is 17.9 Å². The van der Waals surface area contributed by atoms with E-state index in [0.29, 0.717) is 19.3 Å². The zero-order valence-corrected chi connectivity index (χ0v) is 49.5. The fraction of sp³-hybridized carbons (Fsp3) is 0.671. The van der Waals surface area contributed by atoms with Gasteiger partial charge in [0, 0.05) is 19.3 Å². The third-order valence-electron chi connectivity index (χ3n) is 13.2. The molecule has 0 N–H and O–H groups in total. The molecule has 0 saturated heterocycles. The number of rotatable bonds is 56. The van der Waals surface area contributed by atoms with Crippen molar-refractivity contribution in [2.24, 2.45) is 0 Å². The van der Waals surface area contributed by atoms with Crippen LogP contribution >= 0.6 is 0 Å². The highest BCUT2D eigenvalue weighted by molar-refractivity contribution is 5.71. The Balaban J connectivity index is 4.11. The molecule has 1 unspecified atom stereocenters. The first-order chi connectivity index (χ1) is 37.5. The van der Waals surface area contributed by atoms with Crippen LogP contribution in [0.25, 0.3) is 0 Å². The first kappa shape index (κ1) is 71.8. The van der Waals surface area contributed by atoms with Crippen molar-refractivity contribution in [3.63, 3.8) is 0 Å². The lowest BCUT2D eigenvalue weighted by atomic mass is 10.0. The zero-order valence-electron chi connectivity index (χ0n) is 49.5. The maximum absolute atomic E-state index is 12.8. The molecule has 0 aromatic carbocycles. The van der Waals surface area contributed by atoms with Crippen LogP contribution < -0.4 is 0 Å². The molecule has 0 bridgehead atoms. The molecule has 0 aliphatic heterocycles. The predicted octanol–water partition coefficient (Wildman–Crippen LogP) is 21.6. The largest absolute Gasteiger partial charge is 0.462 e. The molecule has 0 rings (SSSR count). The van der Waals surface area contributed by atoms with Crippen LogP contribution in [-0.4, -0.2) is 37.2 Å². The van der Waals surface area contributed by atoms with Crippen molar-refractivity contribution in [1.29, 1.82) is 0 Å². The van der Waals surface area contributed by atoms with Crippen LogP contribution in [0.4, 0.5) is 0 Å². The summed E-state index contributed by atoms with van der Waals surface area (Å²) in [6, 6.07) is 0. The average molecular weight is 1050 g/mol. The van der Waals surface area contributed by atoms with E-state index in [0.717, 1.165) is 128 Å². The number of carbonyl (C=O) groups excluding carboxylic acids is 3. The minimum Gasteiger partial charge on any atom is -0.462 e. The minimum absolute atomic E-state index is 0.0884. The summed E-state index contributed by atoms with van der Waals surface area (Å²) in [4.78, 5) is 38.1. The summed E-state index contributed by atoms with van der Waals surface area (Å²) in [5.41, 5.74) is 0. The monoisotopic (exact) mass is 1050 g/mol. The molecule has 0 fully saturated rings. The highest BCUT2D eigenvalue weighted by Crippen LogP contribution is 2.16. The van der Waals surface area contributed by atoms with E-state index in [1.807, 2.05) is 0 Å². The molecule has 0 amide bonds. The van der Waals surface area contributed by atoms with Crippen LogP contribution in [0.1, 0.15) is 284 Å². The second-order valence-corrected chi connectivity index (χ2v) is 20.6. The van der Waals surface area contributed by atoms with E-state index in [1.54, 1.807) is 0 Å². The van der Waals surface area contributed by atoms with E-state index in [2.05, 4.69) is 142 Å². The Morgan fingerprint density at radius 2 is 0.513 bits per heavy atom. The Hall–Kier alpha value is -4.19. The van der Waals surface area contributed by atoms with Gasteiger partial charge in [-0.25, -0.2) is 0 Å². The van der Waals surface area contributed by atoms with Crippen molar-refractivity contribution in [3.8, 4) is 0 Å². The summed E-state index contributed by atoms with van der Waals surface area (Å²) in [6.45, 7) is 6.38. The lowest BCUT2D eigenvalue weighted by Crippen LogP contribution is -2.30. The lowest BCUT2D eigenvalue weighted by Gasteiger charge is -2.18. The molecule has 0 spiro atoms. The second-order valence-electron chi connectivity index (χ2n) is 20.6. The van der Waals surface area contributed by atoms with Gasteiger partial charge in [-0.1, -0.05) is 277 Å². The number of hydrogen-bond donors (Lipinski definition) is 0. The van der Waals surface area contributed by atoms with E-state index >= 15 is 0 Å². The van der Waals surface area contributed by atoms with Crippen LogP contribution in [-0.2, 0) is 28.6 Å². The number of allylic oxidation sites excluding steroid dienone is 20. The molecular weight excluding hydrogens is 937 g/mol. The van der Waals surface area contributed by atoms with Gasteiger partial charge in [0.1, 0.15) is 13.2 Å². The fourth-order valence-corrected chi connectivity index (χ4v) is 8.56. The lowest BCUT2D eigenvalue weighted by molar-refractivity contribution is -0.167. The second kappa shape index (κ2) is 63.3. The molecule has 0 saturated carbocycles. The van der Waals surface area contributed by atoms with E-state index in [9.17, 15) is 14.4 Å². The fourth-order valence-electron chi connectivity index (χ4n) is 8.56. The number of hydrogen-bond acceptors (Lipinski definition) is 6. The van der Waals surface area contributed by atoms with Gasteiger partial charge in [-0.05, 0) is 109 Å². The quantitative estimate of drug-likeness (QED) is 0.0261. The van der Waals surface area contributed by atoms with E-state index < -0.39 is 6.10 Å². The molecule has 0 aromatic heterocycles. The minimum atomic E-state index is -0.792. The summed E-state index contributed by atoms with van der Waals surface area (Å²) in [7, 11) is 0. The molecule has 1 atom stereocenters. The van der Waals surface area contributed by atoms with E-state index in [1.165, 1.54) is 116 Å². The van der Waals surface area contributed by atoms with Crippen molar-refractivity contribution in [2.75, 3.05) is 13.2 Å². The van der Waals surface area contributed by atoms with Gasteiger partial charge in [-0.2, -0.15) is 0 Å². The summed E-state index contributed by atoms with van der Waals surface area (Å²) in [6.07, 6.45) is 88.0. The molecule has 0 aromatic rings. The highest BCUT2D eigenvalue weighted by atomic mass is 16.6. The van der Waals surface area contributed by atoms with Gasteiger partial charge in [0.05, 0.1) is 0 Å². The Labute approximate surface area is 469 Å². The molecular formula is C70H116O6. The van der Waals surface area contributed by atoms with E-state index in [4.69, 9.17) is 14.2 Å². The Kier molecular flexibility index (Phi) is 59.9. The Bertz CT molecular complexity index is 1590. The molecule has 76 heavy (non-hydrogen) atoms. The summed E-state index contributed by atoms with van der Waals surface area (Å²) in [5, 5.41) is 0. The van der Waals surface area contributed by atoms with Gasteiger partial charge in [0.15, 0.2) is 6.10 Å². The smallest absolute Gasteiger partial charge is 0.306 e. The van der Waals surface area contributed by atoms with Gasteiger partial charge in [0.25, 0.3) is 0 Å². The highest BCUT2D eigenvalue weighted by Gasteiger charge is 2.19. The van der Waals surface area contributed by atoms with Crippen LogP contribution in [0.5, 0.6) is 0 Å². The maximum Gasteiger partial charge on any atom is 0.306 e. The van der Waals surface area contributed by atoms with Crippen molar-refractivity contribution < 1.29 is 28.6 Å². The molecule has 0 aliphatic rings. The van der Waals surface area contributed by atoms with Crippen LogP contribution in [0.15, 0.2) is 122 Å². The molecule has 432 valence electrons. The number of ether oxygens (including phenoxy) is 3. The van der Waals surface area contributed by atoms with Crippen molar-refractivity contribution in [1.82, 2.24) is 0 Å². The third-order valence-corrected chi connectivity index (χ3v) is 13.2. The SMILES string of the molecule is CC/C=C\C/C=C\C/C=C\C/C=C\C/C=C\C/C=C\C/C=C\CCCCCCCCCCCCCCCC(=O)OCC(COC(=O)CCCCCCCCCCCC)OC(=O)CCCCC/C=C\C/C=C\C/C=C\CC. The van der Waals surface area contributed by atoms with Gasteiger partial charge in [-0.3, -0.25) is 14.4 Å². The molecule has 0 heterocycles. The van der Waals surface area contributed by atoms with Crippen molar-refractivity contribution >= 4 is 17.9 Å². The summed E-state index contributed by atoms with van der Waals surface area (Å²) in [5.74, 6) is -0.918. The van der Waals surface area contributed by atoms with Gasteiger partial charge < -0.3 is 14.2 Å². The predicted molar refractivity (Wildman–Crippen MR) is 330 cm³/mol. The van der Waals surface area contributed by atoms with Crippen molar-refractivity contribution in [2.45, 2.75) is 290 Å². The van der Waals surface area contributed by atoms with Crippen LogP contribution in [0.3, 0.4) is 0 Å². The summed E-state index contributed by atoms with van der Waals surface area (Å²) >= 11 is 0. The molecule has 0 aliphatic carbocycles. The third kappa shape index (κ3) is 60.7. The van der Waals surface area contributed by atoms with E-state index in [-0.39, 0.29) is 31.1 Å². The normalized spacial score (nSPS) is 12.9. The first-order valence-corrected chi connectivity index (χ1v) is 31.5. The molecule has 6 heteroatoms. The van der Waals surface area contributed by atoms with Crippen LogP contribution in [0, 0.1) is 0 Å². The number of unbranched alkanes of at least 4 members (excludes halogenated alkanes) is 25. The van der Waals surface area contributed by atoms with Gasteiger partial charge in [0.2, 0.25) is 0 Å². The average Bonchev–Trinajstić information content (AvgIpc) is 3.42. The van der Waals surface area contributed by atoms with Gasteiger partial charge in [-0.15, -0.1) is 0 Å². The summed E-state index contributed by atoms with van der Waals surface area (Å²) < 4.78 is 16.8. The van der Waals surface area contributed by atoms with Crippen LogP contribution in [0.2, 0.25) is 0 Å². The van der Waals surface area contributed by atoms with Crippen molar-refractivity contribution in [3.05, 3.63) is 122 Å². The molecule has 0 radical (unpaired) electrons. The topological polar surface area (TPSA) is 78.9 Å². The molecule has 6 nitrogen and oxygen atoms in total. The Morgan fingerprint density at radius 1 is 0.276 bits per heavy atom.